The van der Waals surface area contributed by atoms with Crippen molar-refractivity contribution in [2.24, 2.45) is 5.73 Å². The van der Waals surface area contributed by atoms with Gasteiger partial charge < -0.3 is 15.5 Å². The van der Waals surface area contributed by atoms with E-state index in [2.05, 4.69) is 39.1 Å². The van der Waals surface area contributed by atoms with Gasteiger partial charge in [0.15, 0.2) is 0 Å². The van der Waals surface area contributed by atoms with Gasteiger partial charge in [0, 0.05) is 31.3 Å². The molecular weight excluding hydrogens is 336 g/mol. The molecule has 148 valence electrons. The van der Waals surface area contributed by atoms with Gasteiger partial charge >= 0.3 is 0 Å². The molecule has 0 aliphatic carbocycles. The van der Waals surface area contributed by atoms with Crippen LogP contribution >= 0.6 is 0 Å². The van der Waals surface area contributed by atoms with Gasteiger partial charge in [-0.25, -0.2) is 4.98 Å². The summed E-state index contributed by atoms with van der Waals surface area (Å²) in [5.74, 6) is 2.08. The van der Waals surface area contributed by atoms with E-state index in [4.69, 9.17) is 10.5 Å². The largest absolute Gasteiger partial charge is 0.494 e. The number of aromatic nitrogens is 2. The molecule has 1 saturated heterocycles. The number of hydrogen-bond donors (Lipinski definition) is 2. The number of aromatic amines is 1. The Labute approximate surface area is 163 Å². The van der Waals surface area contributed by atoms with Crippen molar-refractivity contribution in [2.45, 2.75) is 57.9 Å². The monoisotopic (exact) mass is 370 g/mol. The predicted octanol–water partition coefficient (Wildman–Crippen LogP) is 3.69. The number of likely N-dealkylation sites (tertiary alicyclic amines) is 1. The number of hydrogen-bond acceptors (Lipinski definition) is 4. The van der Waals surface area contributed by atoms with E-state index in [1.54, 1.807) is 0 Å². The number of aryl methyl sites for hydroxylation is 1. The number of ether oxygens (including phenoxy) is 1. The molecule has 1 aromatic heterocycles. The van der Waals surface area contributed by atoms with Crippen molar-refractivity contribution in [3.8, 4) is 5.75 Å². The molecule has 1 fully saturated rings. The fourth-order valence-electron chi connectivity index (χ4n) is 3.69. The first kappa shape index (κ1) is 19.9. The molecule has 5 nitrogen and oxygen atoms in total. The van der Waals surface area contributed by atoms with Crippen molar-refractivity contribution >= 4 is 0 Å². The van der Waals surface area contributed by atoms with Crippen molar-refractivity contribution in [3.05, 3.63) is 47.5 Å². The second-order valence-corrected chi connectivity index (χ2v) is 7.54. The SMILES string of the molecule is NCCc1cnc(CCCCCOc2cccc(CN3CCCCC3)c2)[nH]1. The first-order chi connectivity index (χ1) is 13.3. The van der Waals surface area contributed by atoms with Crippen LogP contribution in [0.25, 0.3) is 0 Å². The Balaban J connectivity index is 1.31. The predicted molar refractivity (Wildman–Crippen MR) is 110 cm³/mol. The van der Waals surface area contributed by atoms with Crippen LogP contribution in [0, 0.1) is 0 Å². The molecule has 5 heteroatoms. The molecule has 3 rings (SSSR count). The lowest BCUT2D eigenvalue weighted by molar-refractivity contribution is 0.220. The van der Waals surface area contributed by atoms with Gasteiger partial charge in [0.05, 0.1) is 6.61 Å². The number of nitrogens with two attached hydrogens (primary N) is 1. The number of benzene rings is 1. The normalized spacial score (nSPS) is 15.1. The van der Waals surface area contributed by atoms with Gasteiger partial charge in [-0.15, -0.1) is 0 Å². The summed E-state index contributed by atoms with van der Waals surface area (Å²) in [5.41, 5.74) is 8.07. The summed E-state index contributed by atoms with van der Waals surface area (Å²) >= 11 is 0. The van der Waals surface area contributed by atoms with Crippen LogP contribution in [0.15, 0.2) is 30.5 Å². The maximum atomic E-state index is 5.97. The Morgan fingerprint density at radius 2 is 1.96 bits per heavy atom. The van der Waals surface area contributed by atoms with E-state index < -0.39 is 0 Å². The quantitative estimate of drug-likeness (QED) is 0.592. The molecule has 1 aromatic carbocycles. The van der Waals surface area contributed by atoms with E-state index in [-0.39, 0.29) is 0 Å². The zero-order valence-corrected chi connectivity index (χ0v) is 16.5. The first-order valence-electron chi connectivity index (χ1n) is 10.5. The maximum absolute atomic E-state index is 5.97. The maximum Gasteiger partial charge on any atom is 0.119 e. The van der Waals surface area contributed by atoms with E-state index in [9.17, 15) is 0 Å². The van der Waals surface area contributed by atoms with Crippen LogP contribution in [-0.2, 0) is 19.4 Å². The van der Waals surface area contributed by atoms with E-state index in [0.717, 1.165) is 62.5 Å². The van der Waals surface area contributed by atoms with Crippen LogP contribution in [0.2, 0.25) is 0 Å². The molecule has 0 saturated carbocycles. The van der Waals surface area contributed by atoms with Crippen LogP contribution in [0.1, 0.15) is 55.6 Å². The van der Waals surface area contributed by atoms with E-state index in [1.807, 2.05) is 6.20 Å². The molecule has 0 bridgehead atoms. The highest BCUT2D eigenvalue weighted by Crippen LogP contribution is 2.18. The Kier molecular flexibility index (Phi) is 8.18. The third-order valence-corrected chi connectivity index (χ3v) is 5.17. The average molecular weight is 371 g/mol. The summed E-state index contributed by atoms with van der Waals surface area (Å²) in [4.78, 5) is 10.3. The van der Waals surface area contributed by atoms with Gasteiger partial charge in [-0.05, 0) is 69.4 Å². The standard InChI is InChI=1S/C22H34N4O/c23-12-11-20-17-24-22(25-20)10-3-1-6-15-27-21-9-7-8-19(16-21)18-26-13-4-2-5-14-26/h7-9,16-17H,1-6,10-15,18,23H2,(H,24,25). The van der Waals surface area contributed by atoms with Crippen molar-refractivity contribution in [1.82, 2.24) is 14.9 Å². The lowest BCUT2D eigenvalue weighted by Gasteiger charge is -2.26. The van der Waals surface area contributed by atoms with Crippen LogP contribution in [0.5, 0.6) is 5.75 Å². The lowest BCUT2D eigenvalue weighted by Crippen LogP contribution is -2.29. The highest BCUT2D eigenvalue weighted by Gasteiger charge is 2.10. The number of rotatable bonds is 11. The third-order valence-electron chi connectivity index (χ3n) is 5.17. The lowest BCUT2D eigenvalue weighted by atomic mass is 10.1. The Morgan fingerprint density at radius 3 is 2.81 bits per heavy atom. The highest BCUT2D eigenvalue weighted by molar-refractivity contribution is 5.28. The zero-order valence-electron chi connectivity index (χ0n) is 16.5. The van der Waals surface area contributed by atoms with E-state index in [0.29, 0.717) is 6.54 Å². The first-order valence-corrected chi connectivity index (χ1v) is 10.5. The molecular formula is C22H34N4O. The number of nitrogens with zero attached hydrogens (tertiary/aromatic N) is 2. The Hall–Kier alpha value is -1.85. The minimum Gasteiger partial charge on any atom is -0.494 e. The summed E-state index contributed by atoms with van der Waals surface area (Å²) in [6, 6.07) is 8.60. The van der Waals surface area contributed by atoms with Gasteiger partial charge in [0.25, 0.3) is 0 Å². The molecule has 3 N–H and O–H groups in total. The summed E-state index contributed by atoms with van der Waals surface area (Å²) in [7, 11) is 0. The number of H-pyrrole nitrogens is 1. The molecule has 1 aliphatic heterocycles. The molecule has 0 atom stereocenters. The van der Waals surface area contributed by atoms with Crippen LogP contribution in [-0.4, -0.2) is 41.1 Å². The molecule has 2 heterocycles. The van der Waals surface area contributed by atoms with Gasteiger partial charge in [0.2, 0.25) is 0 Å². The molecule has 0 unspecified atom stereocenters. The second-order valence-electron chi connectivity index (χ2n) is 7.54. The fraction of sp³-hybridized carbons (Fsp3) is 0.591. The van der Waals surface area contributed by atoms with Crippen LogP contribution in [0.3, 0.4) is 0 Å². The molecule has 0 amide bonds. The summed E-state index contributed by atoms with van der Waals surface area (Å²) in [6.45, 7) is 4.96. The number of unbranched alkanes of at least 4 members (excludes halogenated alkanes) is 2. The van der Waals surface area contributed by atoms with E-state index >= 15 is 0 Å². The topological polar surface area (TPSA) is 67.2 Å². The zero-order chi connectivity index (χ0) is 18.7. The van der Waals surface area contributed by atoms with Crippen molar-refractivity contribution in [3.63, 3.8) is 0 Å². The minimum atomic E-state index is 0.665. The summed E-state index contributed by atoms with van der Waals surface area (Å²) in [6.07, 6.45) is 11.2. The van der Waals surface area contributed by atoms with Gasteiger partial charge in [-0.3, -0.25) is 4.90 Å². The minimum absolute atomic E-state index is 0.665. The number of nitrogens with one attached hydrogen (secondary N) is 1. The summed E-state index contributed by atoms with van der Waals surface area (Å²) < 4.78 is 5.97. The summed E-state index contributed by atoms with van der Waals surface area (Å²) in [5, 5.41) is 0. The Bertz CT molecular complexity index is 664. The third kappa shape index (κ3) is 7.00. The highest BCUT2D eigenvalue weighted by atomic mass is 16.5. The van der Waals surface area contributed by atoms with Gasteiger partial charge in [0.1, 0.15) is 11.6 Å². The van der Waals surface area contributed by atoms with Crippen molar-refractivity contribution in [1.29, 1.82) is 0 Å². The molecule has 0 spiro atoms. The molecule has 0 radical (unpaired) electrons. The fourth-order valence-corrected chi connectivity index (χ4v) is 3.69. The van der Waals surface area contributed by atoms with Gasteiger partial charge in [-0.2, -0.15) is 0 Å². The number of piperidine rings is 1. The second kappa shape index (κ2) is 11.1. The van der Waals surface area contributed by atoms with Crippen LogP contribution < -0.4 is 10.5 Å². The average Bonchev–Trinajstić information content (AvgIpc) is 3.13. The Morgan fingerprint density at radius 1 is 1.07 bits per heavy atom. The number of imidazole rings is 1. The van der Waals surface area contributed by atoms with Gasteiger partial charge in [-0.1, -0.05) is 18.6 Å². The van der Waals surface area contributed by atoms with Crippen molar-refractivity contribution in [2.75, 3.05) is 26.2 Å². The van der Waals surface area contributed by atoms with E-state index in [1.165, 1.54) is 37.9 Å². The molecule has 27 heavy (non-hydrogen) atoms. The van der Waals surface area contributed by atoms with Crippen LogP contribution in [0.4, 0.5) is 0 Å². The smallest absolute Gasteiger partial charge is 0.119 e. The van der Waals surface area contributed by atoms with Crippen molar-refractivity contribution < 1.29 is 4.74 Å². The molecule has 1 aliphatic rings. The molecule has 2 aromatic rings.